The van der Waals surface area contributed by atoms with Crippen LogP contribution in [0.3, 0.4) is 0 Å². The predicted octanol–water partition coefficient (Wildman–Crippen LogP) is 2.14. The second-order valence-electron chi connectivity index (χ2n) is 6.28. The number of ether oxygens (including phenoxy) is 1. The van der Waals surface area contributed by atoms with E-state index in [1.165, 1.54) is 6.42 Å². The molecule has 5 nitrogen and oxygen atoms in total. The van der Waals surface area contributed by atoms with Crippen LogP contribution in [-0.4, -0.2) is 61.9 Å². The maximum atomic E-state index is 12.7. The van der Waals surface area contributed by atoms with E-state index in [4.69, 9.17) is 4.74 Å². The number of aliphatic hydroxyl groups excluding tert-OH is 1. The molecule has 1 N–H and O–H groups in total. The molecule has 0 bridgehead atoms. The van der Waals surface area contributed by atoms with Crippen LogP contribution in [0.15, 0.2) is 24.3 Å². The SMILES string of the molecule is CCCCN(C)c1ccc(C(=O)N2C[C@H](O)C[C@H]2COC)cc1. The molecule has 0 radical (unpaired) electrons. The number of hydrogen-bond donors (Lipinski definition) is 1. The summed E-state index contributed by atoms with van der Waals surface area (Å²) < 4.78 is 5.17. The van der Waals surface area contributed by atoms with E-state index in [0.29, 0.717) is 25.1 Å². The summed E-state index contributed by atoms with van der Waals surface area (Å²) in [7, 11) is 3.69. The highest BCUT2D eigenvalue weighted by Crippen LogP contribution is 2.22. The number of methoxy groups -OCH3 is 1. The number of likely N-dealkylation sites (tertiary alicyclic amines) is 1. The minimum Gasteiger partial charge on any atom is -0.391 e. The quantitative estimate of drug-likeness (QED) is 0.836. The zero-order valence-electron chi connectivity index (χ0n) is 14.4. The van der Waals surface area contributed by atoms with Crippen LogP contribution in [-0.2, 0) is 4.74 Å². The molecule has 0 aromatic heterocycles. The zero-order valence-corrected chi connectivity index (χ0v) is 14.4. The molecule has 23 heavy (non-hydrogen) atoms. The first kappa shape index (κ1) is 17.8. The second-order valence-corrected chi connectivity index (χ2v) is 6.28. The number of aliphatic hydroxyl groups is 1. The first-order chi connectivity index (χ1) is 11.1. The van der Waals surface area contributed by atoms with Gasteiger partial charge in [-0.3, -0.25) is 4.79 Å². The average Bonchev–Trinajstić information content (AvgIpc) is 2.93. The van der Waals surface area contributed by atoms with Gasteiger partial charge in [0.1, 0.15) is 0 Å². The molecule has 1 aliphatic heterocycles. The van der Waals surface area contributed by atoms with Crippen molar-refractivity contribution in [3.05, 3.63) is 29.8 Å². The normalized spacial score (nSPS) is 20.8. The lowest BCUT2D eigenvalue weighted by molar-refractivity contribution is 0.0622. The Morgan fingerprint density at radius 3 is 2.70 bits per heavy atom. The number of β-amino-alcohol motifs (C(OH)–C–C–N with tert-alkyl or cyclic N) is 1. The standard InChI is InChI=1S/C18H28N2O3/c1-4-5-10-19(2)15-8-6-14(7-9-15)18(22)20-12-17(21)11-16(20)13-23-3/h6-9,16-17,21H,4-5,10-13H2,1-3H3/t16-,17+/m0/s1. The number of amides is 1. The Hall–Kier alpha value is -1.59. The average molecular weight is 320 g/mol. The molecule has 1 amide bonds. The third kappa shape index (κ3) is 4.45. The van der Waals surface area contributed by atoms with Crippen LogP contribution in [0.25, 0.3) is 0 Å². The first-order valence-corrected chi connectivity index (χ1v) is 8.36. The van der Waals surface area contributed by atoms with Gasteiger partial charge in [0.25, 0.3) is 5.91 Å². The lowest BCUT2D eigenvalue weighted by atomic mass is 10.1. The van der Waals surface area contributed by atoms with E-state index >= 15 is 0 Å². The van der Waals surface area contributed by atoms with Crippen molar-refractivity contribution in [3.8, 4) is 0 Å². The minimum atomic E-state index is -0.460. The number of rotatable bonds is 7. The topological polar surface area (TPSA) is 53.0 Å². The number of anilines is 1. The van der Waals surface area contributed by atoms with Gasteiger partial charge < -0.3 is 19.6 Å². The van der Waals surface area contributed by atoms with Gasteiger partial charge in [-0.15, -0.1) is 0 Å². The lowest BCUT2D eigenvalue weighted by Crippen LogP contribution is -2.38. The van der Waals surface area contributed by atoms with E-state index in [-0.39, 0.29) is 11.9 Å². The molecule has 1 heterocycles. The van der Waals surface area contributed by atoms with Crippen molar-refractivity contribution in [1.82, 2.24) is 4.90 Å². The Balaban J connectivity index is 2.04. The fourth-order valence-electron chi connectivity index (χ4n) is 3.04. The highest BCUT2D eigenvalue weighted by atomic mass is 16.5. The number of unbranched alkanes of at least 4 members (excludes halogenated alkanes) is 1. The minimum absolute atomic E-state index is 0.0358. The van der Waals surface area contributed by atoms with E-state index in [2.05, 4.69) is 18.9 Å². The first-order valence-electron chi connectivity index (χ1n) is 8.36. The molecule has 0 unspecified atom stereocenters. The largest absolute Gasteiger partial charge is 0.391 e. The third-order valence-electron chi connectivity index (χ3n) is 4.41. The molecule has 0 saturated carbocycles. The molecule has 2 atom stereocenters. The van der Waals surface area contributed by atoms with Gasteiger partial charge in [-0.25, -0.2) is 0 Å². The van der Waals surface area contributed by atoms with Crippen molar-refractivity contribution in [1.29, 1.82) is 0 Å². The van der Waals surface area contributed by atoms with Gasteiger partial charge in [-0.2, -0.15) is 0 Å². The number of benzene rings is 1. The fraction of sp³-hybridized carbons (Fsp3) is 0.611. The summed E-state index contributed by atoms with van der Waals surface area (Å²) in [4.78, 5) is 16.6. The van der Waals surface area contributed by atoms with Crippen molar-refractivity contribution in [2.45, 2.75) is 38.3 Å². The highest BCUT2D eigenvalue weighted by Gasteiger charge is 2.34. The Labute approximate surface area is 138 Å². The number of carbonyl (C=O) groups excluding carboxylic acids is 1. The number of hydrogen-bond acceptors (Lipinski definition) is 4. The zero-order chi connectivity index (χ0) is 16.8. The molecule has 2 rings (SSSR count). The summed E-state index contributed by atoms with van der Waals surface area (Å²) in [5.74, 6) is -0.0358. The molecule has 1 aromatic carbocycles. The highest BCUT2D eigenvalue weighted by molar-refractivity contribution is 5.95. The van der Waals surface area contributed by atoms with E-state index in [1.807, 2.05) is 24.3 Å². The van der Waals surface area contributed by atoms with Gasteiger partial charge in [0, 0.05) is 38.5 Å². The summed E-state index contributed by atoms with van der Waals surface area (Å²) in [6, 6.07) is 7.67. The van der Waals surface area contributed by atoms with Crippen LogP contribution in [0.2, 0.25) is 0 Å². The van der Waals surface area contributed by atoms with Crippen molar-refractivity contribution in [2.75, 3.05) is 38.8 Å². The van der Waals surface area contributed by atoms with Crippen molar-refractivity contribution < 1.29 is 14.6 Å². The molecule has 5 heteroatoms. The number of carbonyl (C=O) groups is 1. The summed E-state index contributed by atoms with van der Waals surface area (Å²) in [5, 5.41) is 9.84. The Morgan fingerprint density at radius 1 is 1.39 bits per heavy atom. The van der Waals surface area contributed by atoms with Gasteiger partial charge in [-0.05, 0) is 37.1 Å². The smallest absolute Gasteiger partial charge is 0.254 e. The monoisotopic (exact) mass is 320 g/mol. The molecule has 1 aromatic rings. The molecule has 1 saturated heterocycles. The van der Waals surface area contributed by atoms with Crippen LogP contribution in [0.5, 0.6) is 0 Å². The van der Waals surface area contributed by atoms with E-state index in [0.717, 1.165) is 18.7 Å². The third-order valence-corrected chi connectivity index (χ3v) is 4.41. The second kappa shape index (κ2) is 8.31. The summed E-state index contributed by atoms with van der Waals surface area (Å²) in [5.41, 5.74) is 1.78. The van der Waals surface area contributed by atoms with Gasteiger partial charge in [-0.1, -0.05) is 13.3 Å². The van der Waals surface area contributed by atoms with Gasteiger partial charge in [0.2, 0.25) is 0 Å². The van der Waals surface area contributed by atoms with Crippen molar-refractivity contribution in [3.63, 3.8) is 0 Å². The Morgan fingerprint density at radius 2 is 2.09 bits per heavy atom. The summed E-state index contributed by atoms with van der Waals surface area (Å²) in [6.45, 7) is 4.03. The molecule has 0 aliphatic carbocycles. The van der Waals surface area contributed by atoms with Crippen LogP contribution in [0.1, 0.15) is 36.5 Å². The predicted molar refractivity (Wildman–Crippen MR) is 91.9 cm³/mol. The van der Waals surface area contributed by atoms with Gasteiger partial charge in [0.05, 0.1) is 18.8 Å². The van der Waals surface area contributed by atoms with Crippen LogP contribution < -0.4 is 4.90 Å². The molecular formula is C18H28N2O3. The molecule has 1 aliphatic rings. The molecule has 1 fully saturated rings. The van der Waals surface area contributed by atoms with Gasteiger partial charge >= 0.3 is 0 Å². The fourth-order valence-corrected chi connectivity index (χ4v) is 3.04. The van der Waals surface area contributed by atoms with Crippen molar-refractivity contribution >= 4 is 11.6 Å². The van der Waals surface area contributed by atoms with Crippen LogP contribution in [0.4, 0.5) is 5.69 Å². The van der Waals surface area contributed by atoms with E-state index in [9.17, 15) is 9.90 Å². The maximum absolute atomic E-state index is 12.7. The van der Waals surface area contributed by atoms with Crippen LogP contribution in [0, 0.1) is 0 Å². The van der Waals surface area contributed by atoms with Crippen LogP contribution >= 0.6 is 0 Å². The Kier molecular flexibility index (Phi) is 6.42. The summed E-state index contributed by atoms with van der Waals surface area (Å²) >= 11 is 0. The summed E-state index contributed by atoms with van der Waals surface area (Å²) in [6.07, 6.45) is 2.44. The van der Waals surface area contributed by atoms with Crippen molar-refractivity contribution in [2.24, 2.45) is 0 Å². The van der Waals surface area contributed by atoms with Gasteiger partial charge in [0.15, 0.2) is 0 Å². The maximum Gasteiger partial charge on any atom is 0.254 e. The van der Waals surface area contributed by atoms with E-state index in [1.54, 1.807) is 12.0 Å². The molecule has 0 spiro atoms. The number of nitrogens with zero attached hydrogens (tertiary/aromatic N) is 2. The molecular weight excluding hydrogens is 292 g/mol. The lowest BCUT2D eigenvalue weighted by Gasteiger charge is -2.24. The molecule has 128 valence electrons. The Bertz CT molecular complexity index is 503. The van der Waals surface area contributed by atoms with E-state index < -0.39 is 6.10 Å².